The predicted molar refractivity (Wildman–Crippen MR) is 91.3 cm³/mol. The number of aryl methyl sites for hydroxylation is 1. The fraction of sp³-hybridized carbons (Fsp3) is 0.375. The van der Waals surface area contributed by atoms with Crippen LogP contribution in [0.3, 0.4) is 0 Å². The molecule has 0 aliphatic carbocycles. The molecule has 0 spiro atoms. The largest absolute Gasteiger partial charge is 0.477 e. The van der Waals surface area contributed by atoms with Crippen molar-refractivity contribution < 1.29 is 18.7 Å². The maximum atomic E-state index is 11.8. The summed E-state index contributed by atoms with van der Waals surface area (Å²) in [5, 5.41) is 0.848. The molecule has 0 saturated heterocycles. The first kappa shape index (κ1) is 16.8. The van der Waals surface area contributed by atoms with E-state index in [1.807, 2.05) is 19.9 Å². The van der Waals surface area contributed by atoms with Crippen LogP contribution in [0.2, 0.25) is 0 Å². The highest BCUT2D eigenvalue weighted by molar-refractivity contribution is 14.1. The second-order valence-electron chi connectivity index (χ2n) is 4.77. The summed E-state index contributed by atoms with van der Waals surface area (Å²) in [7, 11) is 0. The minimum absolute atomic E-state index is 0.307. The van der Waals surface area contributed by atoms with E-state index in [1.165, 1.54) is 6.07 Å². The first-order valence-corrected chi connectivity index (χ1v) is 8.12. The van der Waals surface area contributed by atoms with Gasteiger partial charge in [0.25, 0.3) is 0 Å². The van der Waals surface area contributed by atoms with E-state index in [9.17, 15) is 9.59 Å². The van der Waals surface area contributed by atoms with Crippen LogP contribution in [0.15, 0.2) is 27.4 Å². The maximum absolute atomic E-state index is 11.8. The molecular weight excluding hydrogens is 399 g/mol. The van der Waals surface area contributed by atoms with Gasteiger partial charge in [0, 0.05) is 11.5 Å². The van der Waals surface area contributed by atoms with E-state index in [1.54, 1.807) is 13.0 Å². The van der Waals surface area contributed by atoms with Crippen LogP contribution in [0, 0.1) is 10.5 Å². The molecule has 0 amide bonds. The molecule has 1 aromatic heterocycles. The summed E-state index contributed by atoms with van der Waals surface area (Å²) in [5.74, 6) is 0.105. The predicted octanol–water partition coefficient (Wildman–Crippen LogP) is 3.43. The SMILES string of the molecule is CCOC(=O)[C@@H](CC)Oc1ccc2c(C)cc(=O)oc2c1I. The van der Waals surface area contributed by atoms with Gasteiger partial charge in [-0.2, -0.15) is 0 Å². The first-order chi connectivity index (χ1) is 10.5. The van der Waals surface area contributed by atoms with Crippen LogP contribution < -0.4 is 10.4 Å². The maximum Gasteiger partial charge on any atom is 0.347 e. The van der Waals surface area contributed by atoms with Gasteiger partial charge in [0.15, 0.2) is 11.7 Å². The number of carbonyl (C=O) groups is 1. The lowest BCUT2D eigenvalue weighted by Crippen LogP contribution is -2.29. The highest BCUT2D eigenvalue weighted by atomic mass is 127. The fourth-order valence-corrected chi connectivity index (χ4v) is 2.82. The zero-order valence-electron chi connectivity index (χ0n) is 12.6. The van der Waals surface area contributed by atoms with E-state index in [4.69, 9.17) is 13.9 Å². The van der Waals surface area contributed by atoms with Crippen molar-refractivity contribution in [2.45, 2.75) is 33.3 Å². The van der Waals surface area contributed by atoms with Crippen LogP contribution in [0.4, 0.5) is 0 Å². The topological polar surface area (TPSA) is 65.7 Å². The smallest absolute Gasteiger partial charge is 0.347 e. The Kier molecular flexibility index (Phi) is 5.44. The van der Waals surface area contributed by atoms with Crippen molar-refractivity contribution in [1.82, 2.24) is 0 Å². The standard InChI is InChI=1S/C16H17IO5/c1-4-11(16(19)20-5-2)21-12-7-6-10-9(3)8-13(18)22-15(10)14(12)17/h6-8,11H,4-5H2,1-3H3/t11-/m1/s1. The quantitative estimate of drug-likeness (QED) is 0.425. The van der Waals surface area contributed by atoms with Crippen molar-refractivity contribution in [2.24, 2.45) is 0 Å². The third kappa shape index (κ3) is 3.43. The molecule has 2 rings (SSSR count). The van der Waals surface area contributed by atoms with Gasteiger partial charge in [0.1, 0.15) is 5.75 Å². The average molecular weight is 416 g/mol. The molecule has 118 valence electrons. The third-order valence-corrected chi connectivity index (χ3v) is 4.23. The number of carbonyl (C=O) groups excluding carboxylic acids is 1. The molecule has 0 saturated carbocycles. The lowest BCUT2D eigenvalue weighted by Gasteiger charge is -2.17. The Labute approximate surface area is 141 Å². The van der Waals surface area contributed by atoms with Gasteiger partial charge in [0.05, 0.1) is 10.2 Å². The summed E-state index contributed by atoms with van der Waals surface area (Å²) in [6.45, 7) is 5.76. The van der Waals surface area contributed by atoms with Crippen LogP contribution in [0.5, 0.6) is 5.75 Å². The fourth-order valence-electron chi connectivity index (χ4n) is 2.11. The summed E-state index contributed by atoms with van der Waals surface area (Å²) >= 11 is 2.06. The molecule has 1 heterocycles. The second-order valence-corrected chi connectivity index (χ2v) is 5.85. The highest BCUT2D eigenvalue weighted by Crippen LogP contribution is 2.31. The van der Waals surface area contributed by atoms with Crippen molar-refractivity contribution >= 4 is 39.5 Å². The molecule has 0 unspecified atom stereocenters. The summed E-state index contributed by atoms with van der Waals surface area (Å²) in [6, 6.07) is 5.05. The van der Waals surface area contributed by atoms with Crippen LogP contribution in [-0.2, 0) is 9.53 Å². The van der Waals surface area contributed by atoms with Crippen molar-refractivity contribution in [3.05, 3.63) is 37.8 Å². The molecule has 0 fully saturated rings. The zero-order valence-corrected chi connectivity index (χ0v) is 14.8. The van der Waals surface area contributed by atoms with E-state index < -0.39 is 17.7 Å². The second kappa shape index (κ2) is 7.13. The number of halogens is 1. The van der Waals surface area contributed by atoms with E-state index in [2.05, 4.69) is 22.6 Å². The molecule has 6 heteroatoms. The number of hydrogen-bond donors (Lipinski definition) is 0. The van der Waals surface area contributed by atoms with Crippen molar-refractivity contribution in [1.29, 1.82) is 0 Å². The van der Waals surface area contributed by atoms with Crippen molar-refractivity contribution in [2.75, 3.05) is 6.61 Å². The summed E-state index contributed by atoms with van der Waals surface area (Å²) in [6.07, 6.45) is -0.187. The van der Waals surface area contributed by atoms with Crippen LogP contribution in [-0.4, -0.2) is 18.7 Å². The van der Waals surface area contributed by atoms with Crippen molar-refractivity contribution in [3.8, 4) is 5.75 Å². The lowest BCUT2D eigenvalue weighted by atomic mass is 10.1. The van der Waals surface area contributed by atoms with Crippen LogP contribution in [0.1, 0.15) is 25.8 Å². The molecule has 22 heavy (non-hydrogen) atoms. The number of benzene rings is 1. The van der Waals surface area contributed by atoms with Gasteiger partial charge in [-0.15, -0.1) is 0 Å². The zero-order chi connectivity index (χ0) is 16.3. The first-order valence-electron chi connectivity index (χ1n) is 7.04. The van der Waals surface area contributed by atoms with E-state index in [-0.39, 0.29) is 0 Å². The Bertz CT molecular complexity index is 750. The van der Waals surface area contributed by atoms with Gasteiger partial charge in [-0.3, -0.25) is 0 Å². The van der Waals surface area contributed by atoms with Crippen molar-refractivity contribution in [3.63, 3.8) is 0 Å². The Morgan fingerprint density at radius 1 is 1.36 bits per heavy atom. The minimum Gasteiger partial charge on any atom is -0.477 e. The number of fused-ring (bicyclic) bond motifs is 1. The Balaban J connectivity index is 2.42. The third-order valence-electron chi connectivity index (χ3n) is 3.21. The molecule has 1 aromatic carbocycles. The molecule has 1 atom stereocenters. The minimum atomic E-state index is -0.678. The van der Waals surface area contributed by atoms with E-state index in [0.29, 0.717) is 27.9 Å². The summed E-state index contributed by atoms with van der Waals surface area (Å²) in [5.41, 5.74) is 0.910. The Morgan fingerprint density at radius 2 is 2.09 bits per heavy atom. The molecule has 0 bridgehead atoms. The van der Waals surface area contributed by atoms with Gasteiger partial charge in [0.2, 0.25) is 0 Å². The molecule has 0 aliphatic heterocycles. The van der Waals surface area contributed by atoms with Gasteiger partial charge in [-0.25, -0.2) is 9.59 Å². The number of hydrogen-bond acceptors (Lipinski definition) is 5. The molecule has 0 aliphatic rings. The van der Waals surface area contributed by atoms with E-state index in [0.717, 1.165) is 10.9 Å². The molecule has 2 aromatic rings. The van der Waals surface area contributed by atoms with Gasteiger partial charge in [-0.05, 0) is 60.6 Å². The molecule has 5 nitrogen and oxygen atoms in total. The monoisotopic (exact) mass is 416 g/mol. The summed E-state index contributed by atoms with van der Waals surface area (Å²) in [4.78, 5) is 23.4. The number of esters is 1. The van der Waals surface area contributed by atoms with Crippen LogP contribution in [0.25, 0.3) is 11.0 Å². The summed E-state index contributed by atoms with van der Waals surface area (Å²) < 4.78 is 16.7. The van der Waals surface area contributed by atoms with Crippen LogP contribution >= 0.6 is 22.6 Å². The molecule has 0 radical (unpaired) electrons. The Hall–Kier alpha value is -1.57. The van der Waals surface area contributed by atoms with Gasteiger partial charge >= 0.3 is 11.6 Å². The van der Waals surface area contributed by atoms with Gasteiger partial charge in [-0.1, -0.05) is 6.92 Å². The average Bonchev–Trinajstić information content (AvgIpc) is 2.47. The normalized spacial score (nSPS) is 12.2. The molecule has 0 N–H and O–H groups in total. The Morgan fingerprint density at radius 3 is 2.73 bits per heavy atom. The highest BCUT2D eigenvalue weighted by Gasteiger charge is 2.22. The number of rotatable bonds is 5. The number of ether oxygens (including phenoxy) is 2. The lowest BCUT2D eigenvalue weighted by molar-refractivity contribution is -0.151. The molecular formula is C16H17IO5. The van der Waals surface area contributed by atoms with Gasteiger partial charge < -0.3 is 13.9 Å². The van der Waals surface area contributed by atoms with E-state index >= 15 is 0 Å².